The van der Waals surface area contributed by atoms with Crippen molar-refractivity contribution in [1.82, 2.24) is 9.97 Å². The van der Waals surface area contributed by atoms with Gasteiger partial charge in [-0.05, 0) is 44.1 Å². The standard InChI is InChI=1S/C13H19N3O/c14-12(11-2-6-15-9-16-11)10-3-7-17-13(8-10)4-1-5-13/h2,6,9-10,12H,1,3-5,7-8,14H2. The molecule has 4 nitrogen and oxygen atoms in total. The normalized spacial score (nSPS) is 28.6. The molecular weight excluding hydrogens is 214 g/mol. The molecule has 0 bridgehead atoms. The highest BCUT2D eigenvalue weighted by Gasteiger charge is 2.44. The Labute approximate surface area is 102 Å². The maximum atomic E-state index is 6.32. The molecule has 2 unspecified atom stereocenters. The lowest BCUT2D eigenvalue weighted by atomic mass is 9.70. The van der Waals surface area contributed by atoms with Crippen LogP contribution in [-0.4, -0.2) is 22.2 Å². The van der Waals surface area contributed by atoms with Gasteiger partial charge in [0.1, 0.15) is 6.33 Å². The van der Waals surface area contributed by atoms with E-state index in [1.54, 1.807) is 12.5 Å². The molecule has 0 radical (unpaired) electrons. The number of hydrogen-bond donors (Lipinski definition) is 1. The molecule has 1 aliphatic carbocycles. The predicted molar refractivity (Wildman–Crippen MR) is 64.2 cm³/mol. The third-order valence-corrected chi connectivity index (χ3v) is 4.25. The molecule has 1 saturated carbocycles. The molecule has 1 saturated heterocycles. The minimum Gasteiger partial charge on any atom is -0.375 e. The van der Waals surface area contributed by atoms with E-state index >= 15 is 0 Å². The number of nitrogens with two attached hydrogens (primary N) is 1. The fourth-order valence-electron chi connectivity index (χ4n) is 3.03. The van der Waals surface area contributed by atoms with Crippen LogP contribution in [0.3, 0.4) is 0 Å². The van der Waals surface area contributed by atoms with Crippen molar-refractivity contribution in [2.45, 2.75) is 43.7 Å². The molecule has 2 heterocycles. The summed E-state index contributed by atoms with van der Waals surface area (Å²) in [4.78, 5) is 8.21. The van der Waals surface area contributed by atoms with Crippen molar-refractivity contribution in [3.05, 3.63) is 24.3 Å². The molecule has 4 heteroatoms. The smallest absolute Gasteiger partial charge is 0.115 e. The van der Waals surface area contributed by atoms with Crippen molar-refractivity contribution in [2.75, 3.05) is 6.61 Å². The van der Waals surface area contributed by atoms with Gasteiger partial charge in [-0.15, -0.1) is 0 Å². The van der Waals surface area contributed by atoms with E-state index in [1.807, 2.05) is 6.07 Å². The van der Waals surface area contributed by atoms with Crippen LogP contribution in [0.1, 0.15) is 43.8 Å². The number of nitrogens with zero attached hydrogens (tertiary/aromatic N) is 2. The summed E-state index contributed by atoms with van der Waals surface area (Å²) in [6.45, 7) is 0.851. The molecular formula is C13H19N3O. The lowest BCUT2D eigenvalue weighted by molar-refractivity contribution is -0.146. The lowest BCUT2D eigenvalue weighted by Crippen LogP contribution is -2.47. The molecule has 1 aromatic heterocycles. The zero-order valence-electron chi connectivity index (χ0n) is 10.0. The van der Waals surface area contributed by atoms with Gasteiger partial charge in [-0.2, -0.15) is 0 Å². The molecule has 2 N–H and O–H groups in total. The van der Waals surface area contributed by atoms with Crippen LogP contribution < -0.4 is 5.73 Å². The minimum atomic E-state index is 0.0272. The van der Waals surface area contributed by atoms with Gasteiger partial charge in [0, 0.05) is 12.8 Å². The summed E-state index contributed by atoms with van der Waals surface area (Å²) < 4.78 is 5.93. The predicted octanol–water partition coefficient (Wildman–Crippen LogP) is 1.83. The summed E-state index contributed by atoms with van der Waals surface area (Å²) in [5.41, 5.74) is 7.44. The quantitative estimate of drug-likeness (QED) is 0.846. The minimum absolute atomic E-state index is 0.0272. The Balaban J connectivity index is 1.71. The fraction of sp³-hybridized carbons (Fsp3) is 0.692. The second-order valence-electron chi connectivity index (χ2n) is 5.30. The zero-order valence-corrected chi connectivity index (χ0v) is 10.0. The van der Waals surface area contributed by atoms with Gasteiger partial charge >= 0.3 is 0 Å². The molecule has 1 spiro atoms. The van der Waals surface area contributed by atoms with Gasteiger partial charge in [-0.3, -0.25) is 0 Å². The first-order chi connectivity index (χ1) is 8.29. The summed E-state index contributed by atoms with van der Waals surface area (Å²) in [7, 11) is 0. The fourth-order valence-corrected chi connectivity index (χ4v) is 3.03. The third-order valence-electron chi connectivity index (χ3n) is 4.25. The number of aromatic nitrogens is 2. The molecule has 3 rings (SSSR count). The van der Waals surface area contributed by atoms with Crippen LogP contribution >= 0.6 is 0 Å². The Kier molecular flexibility index (Phi) is 2.84. The van der Waals surface area contributed by atoms with Gasteiger partial charge in [-0.25, -0.2) is 9.97 Å². The zero-order chi connectivity index (χ0) is 11.7. The first kappa shape index (κ1) is 11.1. The lowest BCUT2D eigenvalue weighted by Gasteiger charge is -2.48. The molecule has 92 valence electrons. The topological polar surface area (TPSA) is 61.0 Å². The van der Waals surface area contributed by atoms with Crippen LogP contribution in [0.2, 0.25) is 0 Å². The summed E-state index contributed by atoms with van der Waals surface area (Å²) in [5, 5.41) is 0. The third kappa shape index (κ3) is 2.07. The summed E-state index contributed by atoms with van der Waals surface area (Å²) >= 11 is 0. The molecule has 1 aromatic rings. The first-order valence-corrected chi connectivity index (χ1v) is 6.45. The Morgan fingerprint density at radius 1 is 1.47 bits per heavy atom. The number of hydrogen-bond acceptors (Lipinski definition) is 4. The van der Waals surface area contributed by atoms with Crippen molar-refractivity contribution < 1.29 is 4.74 Å². The second kappa shape index (κ2) is 4.35. The van der Waals surface area contributed by atoms with E-state index in [0.29, 0.717) is 5.92 Å². The Hall–Kier alpha value is -1.00. The Morgan fingerprint density at radius 2 is 2.35 bits per heavy atom. The maximum Gasteiger partial charge on any atom is 0.115 e. The number of rotatable bonds is 2. The second-order valence-corrected chi connectivity index (χ2v) is 5.30. The van der Waals surface area contributed by atoms with Crippen molar-refractivity contribution in [3.8, 4) is 0 Å². The number of ether oxygens (including phenoxy) is 1. The maximum absolute atomic E-state index is 6.32. The van der Waals surface area contributed by atoms with Crippen molar-refractivity contribution >= 4 is 0 Å². The highest BCUT2D eigenvalue weighted by molar-refractivity contribution is 5.07. The SMILES string of the molecule is NC(c1ccncn1)C1CCOC2(CCC2)C1. The van der Waals surface area contributed by atoms with E-state index in [1.165, 1.54) is 19.3 Å². The highest BCUT2D eigenvalue weighted by Crippen LogP contribution is 2.46. The summed E-state index contributed by atoms with van der Waals surface area (Å²) in [6, 6.07) is 1.95. The molecule has 2 atom stereocenters. The summed E-state index contributed by atoms with van der Waals surface area (Å²) in [6.07, 6.45) is 9.20. The molecule has 2 aliphatic rings. The van der Waals surface area contributed by atoms with E-state index in [9.17, 15) is 0 Å². The van der Waals surface area contributed by atoms with Crippen LogP contribution in [0, 0.1) is 5.92 Å². The molecule has 2 fully saturated rings. The van der Waals surface area contributed by atoms with Crippen LogP contribution in [0.15, 0.2) is 18.6 Å². The van der Waals surface area contributed by atoms with E-state index in [-0.39, 0.29) is 11.6 Å². The largest absolute Gasteiger partial charge is 0.375 e. The molecule has 0 aromatic carbocycles. The van der Waals surface area contributed by atoms with E-state index in [4.69, 9.17) is 10.5 Å². The van der Waals surface area contributed by atoms with Gasteiger partial charge < -0.3 is 10.5 Å². The van der Waals surface area contributed by atoms with Crippen molar-refractivity contribution in [3.63, 3.8) is 0 Å². The molecule has 17 heavy (non-hydrogen) atoms. The van der Waals surface area contributed by atoms with E-state index < -0.39 is 0 Å². The van der Waals surface area contributed by atoms with Crippen LogP contribution in [0.4, 0.5) is 0 Å². The van der Waals surface area contributed by atoms with Gasteiger partial charge in [0.15, 0.2) is 0 Å². The van der Waals surface area contributed by atoms with E-state index in [2.05, 4.69) is 9.97 Å². The van der Waals surface area contributed by atoms with Crippen LogP contribution in [-0.2, 0) is 4.74 Å². The monoisotopic (exact) mass is 233 g/mol. The molecule has 1 aliphatic heterocycles. The highest BCUT2D eigenvalue weighted by atomic mass is 16.5. The Morgan fingerprint density at radius 3 is 3.00 bits per heavy atom. The Bertz CT molecular complexity index is 378. The van der Waals surface area contributed by atoms with Gasteiger partial charge in [0.25, 0.3) is 0 Å². The van der Waals surface area contributed by atoms with Gasteiger partial charge in [-0.1, -0.05) is 0 Å². The molecule has 0 amide bonds. The average Bonchev–Trinajstić information content (AvgIpc) is 2.37. The van der Waals surface area contributed by atoms with E-state index in [0.717, 1.165) is 25.1 Å². The van der Waals surface area contributed by atoms with Crippen molar-refractivity contribution in [2.24, 2.45) is 11.7 Å². The first-order valence-electron chi connectivity index (χ1n) is 6.45. The van der Waals surface area contributed by atoms with Gasteiger partial charge in [0.2, 0.25) is 0 Å². The van der Waals surface area contributed by atoms with Crippen molar-refractivity contribution in [1.29, 1.82) is 0 Å². The average molecular weight is 233 g/mol. The van der Waals surface area contributed by atoms with Crippen LogP contribution in [0.5, 0.6) is 0 Å². The van der Waals surface area contributed by atoms with Gasteiger partial charge in [0.05, 0.1) is 17.3 Å². The summed E-state index contributed by atoms with van der Waals surface area (Å²) in [5.74, 6) is 0.499. The van der Waals surface area contributed by atoms with Crippen LogP contribution in [0.25, 0.3) is 0 Å².